The SMILES string of the molecule is N#CC1(C(=O)NC2CCCOc3c2nn(-c2ccccc2Cl)c3-c2ccc(Cl)cc2)CC1. The molecule has 1 saturated carbocycles. The number of hydrogen-bond donors (Lipinski definition) is 1. The highest BCUT2D eigenvalue weighted by atomic mass is 35.5. The van der Waals surface area contributed by atoms with Crippen LogP contribution < -0.4 is 10.1 Å². The Kier molecular flexibility index (Phi) is 5.32. The zero-order valence-electron chi connectivity index (χ0n) is 17.1. The first-order valence-electron chi connectivity index (χ1n) is 10.5. The summed E-state index contributed by atoms with van der Waals surface area (Å²) < 4.78 is 7.93. The van der Waals surface area contributed by atoms with Crippen molar-refractivity contribution in [3.8, 4) is 28.8 Å². The van der Waals surface area contributed by atoms with Gasteiger partial charge in [0.1, 0.15) is 16.8 Å². The van der Waals surface area contributed by atoms with Crippen molar-refractivity contribution < 1.29 is 9.53 Å². The Morgan fingerprint density at radius 3 is 2.62 bits per heavy atom. The minimum atomic E-state index is -0.905. The summed E-state index contributed by atoms with van der Waals surface area (Å²) in [5, 5.41) is 18.5. The maximum atomic E-state index is 12.8. The van der Waals surface area contributed by atoms with Crippen LogP contribution in [-0.2, 0) is 4.79 Å². The summed E-state index contributed by atoms with van der Waals surface area (Å²) in [5.74, 6) is 0.370. The lowest BCUT2D eigenvalue weighted by molar-refractivity contribution is -0.125. The van der Waals surface area contributed by atoms with Crippen LogP contribution in [0.1, 0.15) is 37.4 Å². The van der Waals surface area contributed by atoms with Gasteiger partial charge in [0, 0.05) is 10.6 Å². The topological polar surface area (TPSA) is 79.9 Å². The maximum Gasteiger partial charge on any atom is 0.241 e. The quantitative estimate of drug-likeness (QED) is 0.551. The normalized spacial score (nSPS) is 18.6. The molecule has 1 fully saturated rings. The predicted octanol–water partition coefficient (Wildman–Crippen LogP) is 5.48. The number of nitriles is 1. The summed E-state index contributed by atoms with van der Waals surface area (Å²) in [6.07, 6.45) is 2.61. The molecule has 0 radical (unpaired) electrons. The zero-order valence-corrected chi connectivity index (χ0v) is 18.7. The van der Waals surface area contributed by atoms with Gasteiger partial charge in [0.05, 0.1) is 29.4 Å². The number of carbonyl (C=O) groups is 1. The molecule has 1 aliphatic heterocycles. The van der Waals surface area contributed by atoms with Crippen molar-refractivity contribution in [2.45, 2.75) is 31.7 Å². The largest absolute Gasteiger partial charge is 0.489 e. The zero-order chi connectivity index (χ0) is 22.3. The highest BCUT2D eigenvalue weighted by Crippen LogP contribution is 2.47. The van der Waals surface area contributed by atoms with Gasteiger partial charge in [-0.05, 0) is 49.9 Å². The van der Waals surface area contributed by atoms with Crippen LogP contribution in [0.4, 0.5) is 0 Å². The van der Waals surface area contributed by atoms with Crippen molar-refractivity contribution in [3.05, 3.63) is 64.3 Å². The third kappa shape index (κ3) is 3.62. The fourth-order valence-electron chi connectivity index (χ4n) is 4.00. The van der Waals surface area contributed by atoms with Gasteiger partial charge in [-0.1, -0.05) is 47.5 Å². The van der Waals surface area contributed by atoms with E-state index in [2.05, 4.69) is 11.4 Å². The van der Waals surface area contributed by atoms with Crippen molar-refractivity contribution in [1.82, 2.24) is 15.1 Å². The Morgan fingerprint density at radius 2 is 1.94 bits per heavy atom. The summed E-state index contributed by atoms with van der Waals surface area (Å²) in [6.45, 7) is 0.498. The molecule has 1 N–H and O–H groups in total. The summed E-state index contributed by atoms with van der Waals surface area (Å²) in [5.41, 5.74) is 2.04. The molecule has 2 aromatic carbocycles. The number of para-hydroxylation sites is 1. The summed E-state index contributed by atoms with van der Waals surface area (Å²) in [7, 11) is 0. The third-order valence-corrected chi connectivity index (χ3v) is 6.55. The number of fused-ring (bicyclic) bond motifs is 1. The molecule has 2 aliphatic rings. The number of amides is 1. The average molecular weight is 467 g/mol. The molecule has 1 unspecified atom stereocenters. The van der Waals surface area contributed by atoms with E-state index >= 15 is 0 Å². The van der Waals surface area contributed by atoms with Gasteiger partial charge in [0.25, 0.3) is 0 Å². The number of ether oxygens (including phenoxy) is 1. The van der Waals surface area contributed by atoms with E-state index in [-0.39, 0.29) is 11.9 Å². The fourth-order valence-corrected chi connectivity index (χ4v) is 4.34. The summed E-state index contributed by atoms with van der Waals surface area (Å²) in [4.78, 5) is 12.8. The number of nitrogens with one attached hydrogen (secondary N) is 1. The van der Waals surface area contributed by atoms with Crippen molar-refractivity contribution >= 4 is 29.1 Å². The minimum Gasteiger partial charge on any atom is -0.489 e. The van der Waals surface area contributed by atoms with Crippen LogP contribution in [0, 0.1) is 16.7 Å². The lowest BCUT2D eigenvalue weighted by atomic mass is 10.0. The van der Waals surface area contributed by atoms with Crippen LogP contribution >= 0.6 is 23.2 Å². The van der Waals surface area contributed by atoms with Crippen molar-refractivity contribution in [2.75, 3.05) is 6.61 Å². The molecule has 0 spiro atoms. The van der Waals surface area contributed by atoms with Gasteiger partial charge in [0.2, 0.25) is 5.91 Å². The molecule has 1 aromatic heterocycles. The second kappa shape index (κ2) is 8.16. The van der Waals surface area contributed by atoms with Crippen molar-refractivity contribution in [2.24, 2.45) is 5.41 Å². The molecule has 1 atom stereocenters. The van der Waals surface area contributed by atoms with Crippen molar-refractivity contribution in [1.29, 1.82) is 5.26 Å². The number of carbonyl (C=O) groups excluding carboxylic acids is 1. The molecule has 32 heavy (non-hydrogen) atoms. The molecule has 162 valence electrons. The molecule has 1 amide bonds. The molecule has 8 heteroatoms. The summed E-state index contributed by atoms with van der Waals surface area (Å²) >= 11 is 12.6. The number of hydrogen-bond acceptors (Lipinski definition) is 4. The van der Waals surface area contributed by atoms with Gasteiger partial charge < -0.3 is 10.1 Å². The second-order valence-corrected chi connectivity index (χ2v) is 8.99. The molecule has 3 aromatic rings. The number of rotatable bonds is 4. The molecular formula is C24H20Cl2N4O2. The molecule has 5 rings (SSSR count). The van der Waals surface area contributed by atoms with E-state index in [1.165, 1.54) is 0 Å². The second-order valence-electron chi connectivity index (χ2n) is 8.14. The highest BCUT2D eigenvalue weighted by Gasteiger charge is 2.51. The van der Waals surface area contributed by atoms with Crippen LogP contribution in [0.3, 0.4) is 0 Å². The smallest absolute Gasteiger partial charge is 0.241 e. The first-order chi connectivity index (χ1) is 15.5. The van der Waals surface area contributed by atoms with E-state index in [1.54, 1.807) is 10.7 Å². The van der Waals surface area contributed by atoms with Crippen LogP contribution in [0.15, 0.2) is 48.5 Å². The van der Waals surface area contributed by atoms with Gasteiger partial charge in [-0.3, -0.25) is 4.79 Å². The number of benzene rings is 2. The van der Waals surface area contributed by atoms with Crippen LogP contribution in [0.2, 0.25) is 10.0 Å². The fraction of sp³-hybridized carbons (Fsp3) is 0.292. The Morgan fingerprint density at radius 1 is 1.19 bits per heavy atom. The van der Waals surface area contributed by atoms with Gasteiger partial charge in [-0.2, -0.15) is 10.4 Å². The Labute approximate surface area is 195 Å². The Bertz CT molecular complexity index is 1230. The molecule has 0 bridgehead atoms. The highest BCUT2D eigenvalue weighted by molar-refractivity contribution is 6.32. The standard InChI is InChI=1S/C24H20Cl2N4O2/c25-16-9-7-15(8-10-16)21-22-20(29-30(21)19-6-2-1-4-17(19)26)18(5-3-13-32-22)28-23(31)24(14-27)11-12-24/h1-2,4,6-10,18H,3,5,11-13H2,(H,28,31). The monoisotopic (exact) mass is 466 g/mol. The lowest BCUT2D eigenvalue weighted by Crippen LogP contribution is -2.34. The molecule has 2 heterocycles. The molecule has 0 saturated heterocycles. The van der Waals surface area contributed by atoms with Gasteiger partial charge in [0.15, 0.2) is 5.75 Å². The number of nitrogens with zero attached hydrogens (tertiary/aromatic N) is 3. The average Bonchev–Trinajstić information content (AvgIpc) is 3.55. The predicted molar refractivity (Wildman–Crippen MR) is 122 cm³/mol. The summed E-state index contributed by atoms with van der Waals surface area (Å²) in [6, 6.07) is 16.7. The Balaban J connectivity index is 1.65. The van der Waals surface area contributed by atoms with Gasteiger partial charge in [-0.25, -0.2) is 4.68 Å². The first-order valence-corrected chi connectivity index (χ1v) is 11.3. The van der Waals surface area contributed by atoms with E-state index in [9.17, 15) is 10.1 Å². The molecule has 6 nitrogen and oxygen atoms in total. The van der Waals surface area contributed by atoms with Crippen molar-refractivity contribution in [3.63, 3.8) is 0 Å². The third-order valence-electron chi connectivity index (χ3n) is 5.98. The van der Waals surface area contributed by atoms with Gasteiger partial charge >= 0.3 is 0 Å². The van der Waals surface area contributed by atoms with E-state index in [0.29, 0.717) is 53.0 Å². The number of aromatic nitrogens is 2. The first kappa shape index (κ1) is 20.9. The minimum absolute atomic E-state index is 0.238. The van der Waals surface area contributed by atoms with Crippen LogP contribution in [-0.4, -0.2) is 22.3 Å². The van der Waals surface area contributed by atoms with E-state index in [0.717, 1.165) is 17.7 Å². The van der Waals surface area contributed by atoms with Crippen LogP contribution in [0.25, 0.3) is 16.9 Å². The maximum absolute atomic E-state index is 12.8. The molecular weight excluding hydrogens is 447 g/mol. The van der Waals surface area contributed by atoms with E-state index in [1.807, 2.05) is 42.5 Å². The number of halogens is 2. The van der Waals surface area contributed by atoms with Crippen LogP contribution in [0.5, 0.6) is 5.75 Å². The Hall–Kier alpha value is -3.01. The van der Waals surface area contributed by atoms with E-state index < -0.39 is 5.41 Å². The molecule has 1 aliphatic carbocycles. The van der Waals surface area contributed by atoms with Gasteiger partial charge in [-0.15, -0.1) is 0 Å². The van der Waals surface area contributed by atoms with E-state index in [4.69, 9.17) is 33.0 Å². The lowest BCUT2D eigenvalue weighted by Gasteiger charge is -2.17.